The van der Waals surface area contributed by atoms with Crippen molar-refractivity contribution in [3.8, 4) is 0 Å². The van der Waals surface area contributed by atoms with Gasteiger partial charge in [-0.15, -0.1) is 0 Å². The van der Waals surface area contributed by atoms with Crippen molar-refractivity contribution < 1.29 is 15.7 Å². The van der Waals surface area contributed by atoms with E-state index in [2.05, 4.69) is 13.8 Å². The summed E-state index contributed by atoms with van der Waals surface area (Å²) in [5.74, 6) is 1.24. The van der Waals surface area contributed by atoms with Gasteiger partial charge in [-0.05, 0) is 0 Å². The van der Waals surface area contributed by atoms with E-state index in [1.165, 1.54) is 51.4 Å². The molecule has 0 bridgehead atoms. The zero-order chi connectivity index (χ0) is 21.2. The van der Waals surface area contributed by atoms with Crippen LogP contribution in [0.3, 0.4) is 0 Å². The third-order valence-corrected chi connectivity index (χ3v) is 17.5. The molecule has 4 nitrogen and oxygen atoms in total. The second-order valence-electron chi connectivity index (χ2n) is 8.04. The second kappa shape index (κ2) is 18.1. The summed E-state index contributed by atoms with van der Waals surface area (Å²) in [7, 11) is 3.31. The van der Waals surface area contributed by atoms with Crippen molar-refractivity contribution in [2.24, 2.45) is 0 Å². The molecule has 1 heterocycles. The first-order valence-corrected chi connectivity index (χ1v) is 20.7. The number of carbonyl (C=O) groups is 2. The van der Waals surface area contributed by atoms with Gasteiger partial charge in [-0.1, -0.05) is 0 Å². The fraction of sp³-hybridized carbons (Fsp3) is 0.909. The molecule has 1 aliphatic heterocycles. The van der Waals surface area contributed by atoms with E-state index in [-0.39, 0.29) is 11.9 Å². The van der Waals surface area contributed by atoms with Gasteiger partial charge in [-0.3, -0.25) is 0 Å². The summed E-state index contributed by atoms with van der Waals surface area (Å²) in [6.45, 7) is 4.45. The third-order valence-electron chi connectivity index (χ3n) is 5.28. The summed E-state index contributed by atoms with van der Waals surface area (Å²) in [5, 5.41) is 0. The maximum atomic E-state index is 12.5. The molecule has 1 fully saturated rings. The normalized spacial score (nSPS) is 18.0. The van der Waals surface area contributed by atoms with Gasteiger partial charge in [0.05, 0.1) is 0 Å². The molecular weight excluding hydrogens is 511 g/mol. The molecule has 170 valence electrons. The molecule has 0 aliphatic carbocycles. The fourth-order valence-electron chi connectivity index (χ4n) is 3.58. The van der Waals surface area contributed by atoms with Crippen LogP contribution in [0.4, 0.5) is 0 Å². The molecule has 0 N–H and O–H groups in total. The average Bonchev–Trinajstić information content (AvgIpc) is 2.72. The van der Waals surface area contributed by atoms with Crippen molar-refractivity contribution in [2.45, 2.75) is 113 Å². The van der Waals surface area contributed by atoms with Crippen molar-refractivity contribution in [1.82, 2.24) is 0 Å². The van der Waals surface area contributed by atoms with Crippen LogP contribution < -0.4 is 0 Å². The Morgan fingerprint density at radius 3 is 1.45 bits per heavy atom. The second-order valence-corrected chi connectivity index (χ2v) is 20.0. The molecule has 0 aromatic carbocycles. The zero-order valence-corrected chi connectivity index (χ0v) is 23.2. The fourth-order valence-corrected chi connectivity index (χ4v) is 15.0. The van der Waals surface area contributed by atoms with E-state index in [0.29, 0.717) is 12.8 Å². The number of hydrogen-bond donors (Lipinski definition) is 0. The Balaban J connectivity index is 2.69. The Hall–Kier alpha value is 0.439. The van der Waals surface area contributed by atoms with Crippen LogP contribution in [0.15, 0.2) is 0 Å². The molecular formula is C22H42O4S2Sn. The first-order valence-electron chi connectivity index (χ1n) is 11.8. The summed E-state index contributed by atoms with van der Waals surface area (Å²) >= 11 is -3.73. The van der Waals surface area contributed by atoms with E-state index in [1.807, 2.05) is 0 Å². The SMILES string of the molecule is CCCCCCC[CH2][Sn]1([CH2]CCCCCCC)[O]C(=O)CCSSCCC(=O)[O]1. The Morgan fingerprint density at radius 1 is 0.655 bits per heavy atom. The Morgan fingerprint density at radius 2 is 1.03 bits per heavy atom. The van der Waals surface area contributed by atoms with Gasteiger partial charge in [0.2, 0.25) is 0 Å². The Bertz CT molecular complexity index is 409. The van der Waals surface area contributed by atoms with Gasteiger partial charge in [-0.2, -0.15) is 0 Å². The predicted octanol–water partition coefficient (Wildman–Crippen LogP) is 7.41. The molecule has 0 aromatic rings. The van der Waals surface area contributed by atoms with Crippen LogP contribution >= 0.6 is 21.6 Å². The summed E-state index contributed by atoms with van der Waals surface area (Å²) < 4.78 is 13.9. The standard InChI is InChI=1S/2C8H17.C6H10O4S2.Sn/c2*1-3-5-7-8-6-4-2;7-5(8)1-3-11-12-4-2-6(9)10;/h2*1,3-8H2,2H3;1-4H2,(H,7,8)(H,9,10);/q;;;+2/p-2. The van der Waals surface area contributed by atoms with Crippen LogP contribution in [-0.2, 0) is 15.7 Å². The number of rotatable bonds is 14. The molecule has 29 heavy (non-hydrogen) atoms. The van der Waals surface area contributed by atoms with Crippen LogP contribution in [0, 0.1) is 0 Å². The maximum absolute atomic E-state index is 12.5. The molecule has 1 aliphatic rings. The van der Waals surface area contributed by atoms with Crippen molar-refractivity contribution >= 4 is 52.7 Å². The van der Waals surface area contributed by atoms with Gasteiger partial charge in [0, 0.05) is 0 Å². The van der Waals surface area contributed by atoms with Crippen molar-refractivity contribution in [1.29, 1.82) is 0 Å². The van der Waals surface area contributed by atoms with Crippen LogP contribution in [0.2, 0.25) is 8.87 Å². The van der Waals surface area contributed by atoms with E-state index in [4.69, 9.17) is 6.15 Å². The number of unbranched alkanes of at least 4 members (excludes halogenated alkanes) is 10. The Kier molecular flexibility index (Phi) is 17.1. The van der Waals surface area contributed by atoms with Crippen LogP contribution in [0.5, 0.6) is 0 Å². The first kappa shape index (κ1) is 27.5. The number of carbonyl (C=O) groups excluding carboxylic acids is 2. The molecule has 0 spiro atoms. The summed E-state index contributed by atoms with van der Waals surface area (Å²) in [5.41, 5.74) is 0. The van der Waals surface area contributed by atoms with E-state index in [1.54, 1.807) is 21.6 Å². The predicted molar refractivity (Wildman–Crippen MR) is 128 cm³/mol. The van der Waals surface area contributed by atoms with Gasteiger partial charge in [-0.25, -0.2) is 0 Å². The molecule has 7 heteroatoms. The van der Waals surface area contributed by atoms with Gasteiger partial charge in [0.25, 0.3) is 0 Å². The van der Waals surface area contributed by atoms with Gasteiger partial charge in [0.1, 0.15) is 0 Å². The molecule has 0 radical (unpaired) electrons. The molecule has 0 aromatic heterocycles. The van der Waals surface area contributed by atoms with Crippen molar-refractivity contribution in [3.63, 3.8) is 0 Å². The van der Waals surface area contributed by atoms with Gasteiger partial charge < -0.3 is 0 Å². The minimum absolute atomic E-state index is 0.138. The summed E-state index contributed by atoms with van der Waals surface area (Å²) in [6.07, 6.45) is 15.3. The summed E-state index contributed by atoms with van der Waals surface area (Å²) in [6, 6.07) is 0. The minimum atomic E-state index is -3.73. The van der Waals surface area contributed by atoms with Crippen LogP contribution in [0.1, 0.15) is 104 Å². The van der Waals surface area contributed by atoms with E-state index in [9.17, 15) is 9.59 Å². The summed E-state index contributed by atoms with van der Waals surface area (Å²) in [4.78, 5) is 25.0. The quantitative estimate of drug-likeness (QED) is 0.127. The topological polar surface area (TPSA) is 52.6 Å². The van der Waals surface area contributed by atoms with Crippen molar-refractivity contribution in [3.05, 3.63) is 0 Å². The first-order chi connectivity index (χ1) is 14.1. The average molecular weight is 553 g/mol. The molecule has 0 atom stereocenters. The molecule has 0 unspecified atom stereocenters. The van der Waals surface area contributed by atoms with E-state index >= 15 is 0 Å². The van der Waals surface area contributed by atoms with E-state index < -0.39 is 19.2 Å². The van der Waals surface area contributed by atoms with Crippen molar-refractivity contribution in [2.75, 3.05) is 11.5 Å². The van der Waals surface area contributed by atoms with Gasteiger partial charge >= 0.3 is 193 Å². The molecule has 0 saturated carbocycles. The number of hydrogen-bond acceptors (Lipinski definition) is 6. The third kappa shape index (κ3) is 14.2. The monoisotopic (exact) mass is 554 g/mol. The van der Waals surface area contributed by atoms with Crippen LogP contribution in [0.25, 0.3) is 0 Å². The van der Waals surface area contributed by atoms with E-state index in [0.717, 1.165) is 46.1 Å². The molecule has 1 saturated heterocycles. The zero-order valence-electron chi connectivity index (χ0n) is 18.7. The van der Waals surface area contributed by atoms with Gasteiger partial charge in [0.15, 0.2) is 0 Å². The Labute approximate surface area is 191 Å². The van der Waals surface area contributed by atoms with Crippen LogP contribution in [-0.4, -0.2) is 42.6 Å². The molecule has 0 amide bonds. The molecule has 1 rings (SSSR count).